The summed E-state index contributed by atoms with van der Waals surface area (Å²) in [5.74, 6) is 1.46. The number of benzene rings is 1. The van der Waals surface area contributed by atoms with Crippen molar-refractivity contribution in [2.24, 2.45) is 5.92 Å². The summed E-state index contributed by atoms with van der Waals surface area (Å²) in [7, 11) is 1.71. The molecule has 3 rings (SSSR count). The van der Waals surface area contributed by atoms with Gasteiger partial charge in [0.25, 0.3) is 0 Å². The molecule has 0 spiro atoms. The van der Waals surface area contributed by atoms with Gasteiger partial charge in [-0.3, -0.25) is 0 Å². The lowest BCUT2D eigenvalue weighted by Crippen LogP contribution is -2.15. The third-order valence-corrected chi connectivity index (χ3v) is 4.15. The second-order valence-corrected chi connectivity index (χ2v) is 6.05. The SMILES string of the molecule is COc1ccc(CNC2CC2)cc1COCC1CCOC1. The third kappa shape index (κ3) is 4.43. The molecule has 2 aliphatic rings. The maximum atomic E-state index is 5.86. The first-order valence-corrected chi connectivity index (χ1v) is 7.90. The lowest BCUT2D eigenvalue weighted by molar-refractivity contribution is 0.0779. The summed E-state index contributed by atoms with van der Waals surface area (Å²) < 4.78 is 16.7. The lowest BCUT2D eigenvalue weighted by Gasteiger charge is -2.13. The zero-order valence-electron chi connectivity index (χ0n) is 12.8. The van der Waals surface area contributed by atoms with Crippen molar-refractivity contribution in [3.8, 4) is 5.75 Å². The highest BCUT2D eigenvalue weighted by Gasteiger charge is 2.20. The summed E-state index contributed by atoms with van der Waals surface area (Å²) in [4.78, 5) is 0. The molecule has 2 fully saturated rings. The molecule has 4 nitrogen and oxygen atoms in total. The molecule has 1 atom stereocenters. The van der Waals surface area contributed by atoms with Crippen molar-refractivity contribution in [2.75, 3.05) is 26.9 Å². The van der Waals surface area contributed by atoms with E-state index >= 15 is 0 Å². The summed E-state index contributed by atoms with van der Waals surface area (Å²) in [5, 5.41) is 3.54. The van der Waals surface area contributed by atoms with E-state index in [9.17, 15) is 0 Å². The molecule has 1 aromatic carbocycles. The minimum atomic E-state index is 0.552. The predicted molar refractivity (Wildman–Crippen MR) is 81.4 cm³/mol. The minimum Gasteiger partial charge on any atom is -0.496 e. The summed E-state index contributed by atoms with van der Waals surface area (Å²) in [6, 6.07) is 7.09. The molecule has 1 saturated heterocycles. The Hall–Kier alpha value is -1.10. The molecule has 21 heavy (non-hydrogen) atoms. The quantitative estimate of drug-likeness (QED) is 0.799. The van der Waals surface area contributed by atoms with Crippen molar-refractivity contribution in [1.82, 2.24) is 5.32 Å². The van der Waals surface area contributed by atoms with Crippen molar-refractivity contribution in [2.45, 2.75) is 38.5 Å². The minimum absolute atomic E-state index is 0.552. The van der Waals surface area contributed by atoms with Crippen LogP contribution >= 0.6 is 0 Å². The van der Waals surface area contributed by atoms with E-state index in [1.54, 1.807) is 7.11 Å². The third-order valence-electron chi connectivity index (χ3n) is 4.15. The van der Waals surface area contributed by atoms with E-state index in [1.165, 1.54) is 18.4 Å². The largest absolute Gasteiger partial charge is 0.496 e. The maximum Gasteiger partial charge on any atom is 0.124 e. The van der Waals surface area contributed by atoms with Crippen LogP contribution in [0, 0.1) is 5.92 Å². The van der Waals surface area contributed by atoms with Crippen molar-refractivity contribution in [1.29, 1.82) is 0 Å². The molecule has 0 aromatic heterocycles. The number of hydrogen-bond acceptors (Lipinski definition) is 4. The van der Waals surface area contributed by atoms with Gasteiger partial charge in [0, 0.05) is 30.7 Å². The molecule has 1 heterocycles. The standard InChI is InChI=1S/C17H25NO3/c1-19-17-5-2-13(9-18-16-3-4-16)8-15(17)12-21-11-14-6-7-20-10-14/h2,5,8,14,16,18H,3-4,6-7,9-12H2,1H3. The molecule has 4 heteroatoms. The summed E-state index contributed by atoms with van der Waals surface area (Å²) in [6.45, 7) is 4.02. The number of methoxy groups -OCH3 is 1. The molecule has 1 aliphatic heterocycles. The van der Waals surface area contributed by atoms with E-state index in [4.69, 9.17) is 14.2 Å². The molecule has 1 saturated carbocycles. The van der Waals surface area contributed by atoms with E-state index < -0.39 is 0 Å². The van der Waals surface area contributed by atoms with E-state index in [0.717, 1.165) is 50.1 Å². The summed E-state index contributed by atoms with van der Waals surface area (Å²) in [6.07, 6.45) is 3.74. The fourth-order valence-corrected chi connectivity index (χ4v) is 2.65. The normalized spacial score (nSPS) is 21.7. The van der Waals surface area contributed by atoms with Crippen LogP contribution in [-0.4, -0.2) is 33.0 Å². The average Bonchev–Trinajstić information content (AvgIpc) is 3.20. The molecule has 0 amide bonds. The van der Waals surface area contributed by atoms with E-state index in [2.05, 4.69) is 17.4 Å². The first-order valence-electron chi connectivity index (χ1n) is 7.90. The zero-order valence-corrected chi connectivity index (χ0v) is 12.8. The molecule has 0 radical (unpaired) electrons. The fraction of sp³-hybridized carbons (Fsp3) is 0.647. The number of ether oxygens (including phenoxy) is 3. The highest BCUT2D eigenvalue weighted by atomic mass is 16.5. The monoisotopic (exact) mass is 291 g/mol. The van der Waals surface area contributed by atoms with Gasteiger partial charge in [0.05, 0.1) is 26.9 Å². The van der Waals surface area contributed by atoms with Crippen LogP contribution in [-0.2, 0) is 22.6 Å². The van der Waals surface area contributed by atoms with Crippen LogP contribution in [0.4, 0.5) is 0 Å². The van der Waals surface area contributed by atoms with Crippen LogP contribution < -0.4 is 10.1 Å². The Labute approximate surface area is 126 Å². The highest BCUT2D eigenvalue weighted by Crippen LogP contribution is 2.23. The Morgan fingerprint density at radius 1 is 1.29 bits per heavy atom. The van der Waals surface area contributed by atoms with Gasteiger partial charge in [-0.15, -0.1) is 0 Å². The van der Waals surface area contributed by atoms with Gasteiger partial charge in [-0.05, 0) is 37.0 Å². The van der Waals surface area contributed by atoms with Crippen molar-refractivity contribution < 1.29 is 14.2 Å². The van der Waals surface area contributed by atoms with Crippen molar-refractivity contribution in [3.63, 3.8) is 0 Å². The number of rotatable bonds is 8. The fourth-order valence-electron chi connectivity index (χ4n) is 2.65. The Bertz CT molecular complexity index is 453. The Morgan fingerprint density at radius 2 is 2.19 bits per heavy atom. The van der Waals surface area contributed by atoms with Crippen LogP contribution in [0.2, 0.25) is 0 Å². The molecule has 1 N–H and O–H groups in total. The van der Waals surface area contributed by atoms with Gasteiger partial charge in [-0.1, -0.05) is 6.07 Å². The van der Waals surface area contributed by atoms with Crippen molar-refractivity contribution >= 4 is 0 Å². The van der Waals surface area contributed by atoms with Gasteiger partial charge in [0.1, 0.15) is 5.75 Å². The van der Waals surface area contributed by atoms with Crippen LogP contribution in [0.25, 0.3) is 0 Å². The molecule has 0 bridgehead atoms. The van der Waals surface area contributed by atoms with Crippen molar-refractivity contribution in [3.05, 3.63) is 29.3 Å². The first-order chi connectivity index (χ1) is 10.3. The van der Waals surface area contributed by atoms with Crippen LogP contribution in [0.5, 0.6) is 5.75 Å². The van der Waals surface area contributed by atoms with Gasteiger partial charge in [-0.2, -0.15) is 0 Å². The molecule has 1 unspecified atom stereocenters. The second-order valence-electron chi connectivity index (χ2n) is 6.05. The summed E-state index contributed by atoms with van der Waals surface area (Å²) in [5.41, 5.74) is 2.43. The molecule has 116 valence electrons. The van der Waals surface area contributed by atoms with Gasteiger partial charge in [0.2, 0.25) is 0 Å². The van der Waals surface area contributed by atoms with Gasteiger partial charge >= 0.3 is 0 Å². The Balaban J connectivity index is 1.53. The van der Waals surface area contributed by atoms with Crippen LogP contribution in [0.1, 0.15) is 30.4 Å². The van der Waals surface area contributed by atoms with Gasteiger partial charge < -0.3 is 19.5 Å². The van der Waals surface area contributed by atoms with Gasteiger partial charge in [0.15, 0.2) is 0 Å². The highest BCUT2D eigenvalue weighted by molar-refractivity contribution is 5.37. The molecular formula is C17H25NO3. The first kappa shape index (κ1) is 14.8. The van der Waals surface area contributed by atoms with E-state index in [1.807, 2.05) is 6.07 Å². The topological polar surface area (TPSA) is 39.7 Å². The molecule has 1 aliphatic carbocycles. The molecule has 1 aromatic rings. The Kier molecular flexibility index (Phi) is 5.12. The maximum absolute atomic E-state index is 5.86. The predicted octanol–water partition coefficient (Wildman–Crippen LogP) is 2.50. The van der Waals surface area contributed by atoms with Crippen LogP contribution in [0.15, 0.2) is 18.2 Å². The van der Waals surface area contributed by atoms with Gasteiger partial charge in [-0.25, -0.2) is 0 Å². The smallest absolute Gasteiger partial charge is 0.124 e. The van der Waals surface area contributed by atoms with E-state index in [-0.39, 0.29) is 0 Å². The second kappa shape index (κ2) is 7.25. The van der Waals surface area contributed by atoms with Crippen LogP contribution in [0.3, 0.4) is 0 Å². The lowest BCUT2D eigenvalue weighted by atomic mass is 10.1. The number of nitrogens with one attached hydrogen (secondary N) is 1. The zero-order chi connectivity index (χ0) is 14.5. The molecular weight excluding hydrogens is 266 g/mol. The summed E-state index contributed by atoms with van der Waals surface area (Å²) >= 11 is 0. The number of hydrogen-bond donors (Lipinski definition) is 1. The van der Waals surface area contributed by atoms with E-state index in [0.29, 0.717) is 12.5 Å². The average molecular weight is 291 g/mol. The Morgan fingerprint density at radius 3 is 2.90 bits per heavy atom.